The SMILES string of the molecule is C[C@@H]1CCC[C@H](C)N1CC(=O)NCCC(=O)NCCC(=O)NCCC(=O)ON1C(=O)CCC1=O. The van der Waals surface area contributed by atoms with Crippen LogP contribution in [0.25, 0.3) is 0 Å². The maximum Gasteiger partial charge on any atom is 0.334 e. The number of imide groups is 1. The van der Waals surface area contributed by atoms with Crippen LogP contribution in [-0.2, 0) is 33.6 Å². The molecule has 0 aliphatic carbocycles. The topological polar surface area (TPSA) is 154 Å². The standard InChI is InChI=1S/C22H35N5O7/c1-15-4-3-5-16(2)26(15)14-19(30)25-12-9-17(28)23-11-8-18(29)24-13-10-22(33)34-27-20(31)6-7-21(27)32/h15-16H,3-14H2,1-2H3,(H,23,28)(H,24,29)(H,25,30)/t15-,16+. The summed E-state index contributed by atoms with van der Waals surface area (Å²) in [4.78, 5) is 77.2. The molecule has 0 spiro atoms. The number of carbonyl (C=O) groups is 6. The fourth-order valence-corrected chi connectivity index (χ4v) is 3.93. The van der Waals surface area contributed by atoms with Crippen LogP contribution in [0.2, 0.25) is 0 Å². The van der Waals surface area contributed by atoms with Crippen molar-refractivity contribution in [3.8, 4) is 0 Å². The Morgan fingerprint density at radius 2 is 1.26 bits per heavy atom. The van der Waals surface area contributed by atoms with Crippen molar-refractivity contribution >= 4 is 35.5 Å². The third kappa shape index (κ3) is 9.08. The second-order valence-corrected chi connectivity index (χ2v) is 8.65. The van der Waals surface area contributed by atoms with Crippen molar-refractivity contribution in [2.75, 3.05) is 26.2 Å². The van der Waals surface area contributed by atoms with E-state index in [4.69, 9.17) is 4.84 Å². The number of hydrogen-bond donors (Lipinski definition) is 3. The largest absolute Gasteiger partial charge is 0.356 e. The maximum atomic E-state index is 12.2. The van der Waals surface area contributed by atoms with E-state index in [-0.39, 0.29) is 69.5 Å². The molecule has 3 N–H and O–H groups in total. The molecule has 0 radical (unpaired) electrons. The van der Waals surface area contributed by atoms with E-state index in [2.05, 4.69) is 34.7 Å². The summed E-state index contributed by atoms with van der Waals surface area (Å²) in [5, 5.41) is 8.32. The highest BCUT2D eigenvalue weighted by molar-refractivity contribution is 6.01. The van der Waals surface area contributed by atoms with Gasteiger partial charge in [0.25, 0.3) is 11.8 Å². The first-order valence-corrected chi connectivity index (χ1v) is 11.8. The van der Waals surface area contributed by atoms with Crippen LogP contribution in [0.5, 0.6) is 0 Å². The Kier molecular flexibility index (Phi) is 10.9. The third-order valence-corrected chi connectivity index (χ3v) is 5.90. The van der Waals surface area contributed by atoms with Crippen molar-refractivity contribution in [2.45, 2.75) is 77.3 Å². The molecule has 0 saturated carbocycles. The molecule has 2 rings (SSSR count). The Labute approximate surface area is 199 Å². The predicted molar refractivity (Wildman–Crippen MR) is 120 cm³/mol. The van der Waals surface area contributed by atoms with Gasteiger partial charge in [-0.1, -0.05) is 6.42 Å². The predicted octanol–water partition coefficient (Wildman–Crippen LogP) is -0.625. The van der Waals surface area contributed by atoms with E-state index in [0.717, 1.165) is 12.8 Å². The third-order valence-electron chi connectivity index (χ3n) is 5.90. The quantitative estimate of drug-likeness (QED) is 0.312. The van der Waals surface area contributed by atoms with Crippen LogP contribution >= 0.6 is 0 Å². The minimum Gasteiger partial charge on any atom is -0.356 e. The van der Waals surface area contributed by atoms with Gasteiger partial charge in [-0.3, -0.25) is 28.9 Å². The zero-order valence-corrected chi connectivity index (χ0v) is 19.9. The number of piperidine rings is 1. The second-order valence-electron chi connectivity index (χ2n) is 8.65. The van der Waals surface area contributed by atoms with Gasteiger partial charge in [-0.05, 0) is 26.7 Å². The van der Waals surface area contributed by atoms with Crippen LogP contribution < -0.4 is 16.0 Å². The average Bonchev–Trinajstić information content (AvgIpc) is 3.08. The zero-order chi connectivity index (χ0) is 25.1. The Hall–Kier alpha value is -3.02. The summed E-state index contributed by atoms with van der Waals surface area (Å²) in [7, 11) is 0. The van der Waals surface area contributed by atoms with Gasteiger partial charge in [-0.2, -0.15) is 0 Å². The first-order chi connectivity index (χ1) is 16.2. The molecule has 12 heteroatoms. The van der Waals surface area contributed by atoms with Crippen molar-refractivity contribution in [3.05, 3.63) is 0 Å². The number of carbonyl (C=O) groups excluding carboxylic acids is 6. The molecule has 2 fully saturated rings. The van der Waals surface area contributed by atoms with Gasteiger partial charge >= 0.3 is 5.97 Å². The Balaban J connectivity index is 1.49. The molecule has 34 heavy (non-hydrogen) atoms. The van der Waals surface area contributed by atoms with Crippen LogP contribution in [0.4, 0.5) is 0 Å². The van der Waals surface area contributed by atoms with E-state index in [1.165, 1.54) is 6.42 Å². The summed E-state index contributed by atoms with van der Waals surface area (Å²) in [5.41, 5.74) is 0. The van der Waals surface area contributed by atoms with Gasteiger partial charge in [0.05, 0.1) is 13.0 Å². The first kappa shape index (κ1) is 27.2. The normalized spacial score (nSPS) is 20.7. The fraction of sp³-hybridized carbons (Fsp3) is 0.727. The van der Waals surface area contributed by atoms with Crippen molar-refractivity contribution < 1.29 is 33.6 Å². The summed E-state index contributed by atoms with van der Waals surface area (Å²) in [6.45, 7) is 4.87. The zero-order valence-electron chi connectivity index (χ0n) is 19.9. The second kappa shape index (κ2) is 13.6. The van der Waals surface area contributed by atoms with Crippen LogP contribution in [0.1, 0.15) is 65.2 Å². The van der Waals surface area contributed by atoms with E-state index in [9.17, 15) is 28.8 Å². The number of amides is 5. The summed E-state index contributed by atoms with van der Waals surface area (Å²) in [5.74, 6) is -2.70. The molecule has 0 bridgehead atoms. The van der Waals surface area contributed by atoms with Crippen molar-refractivity contribution in [1.82, 2.24) is 25.9 Å². The van der Waals surface area contributed by atoms with Gasteiger partial charge in [-0.15, -0.1) is 5.06 Å². The summed E-state index contributed by atoms with van der Waals surface area (Å²) >= 11 is 0. The van der Waals surface area contributed by atoms with Gasteiger partial charge in [0.1, 0.15) is 0 Å². The highest BCUT2D eigenvalue weighted by Crippen LogP contribution is 2.21. The van der Waals surface area contributed by atoms with E-state index < -0.39 is 17.8 Å². The molecule has 2 aliphatic rings. The molecular formula is C22H35N5O7. The molecule has 2 aliphatic heterocycles. The fourth-order valence-electron chi connectivity index (χ4n) is 3.93. The molecule has 0 aromatic rings. The van der Waals surface area contributed by atoms with Crippen LogP contribution in [0.15, 0.2) is 0 Å². The van der Waals surface area contributed by atoms with E-state index in [0.29, 0.717) is 23.7 Å². The smallest absolute Gasteiger partial charge is 0.334 e. The summed E-state index contributed by atoms with van der Waals surface area (Å²) in [6.07, 6.45) is 3.28. The molecule has 2 heterocycles. The lowest BCUT2D eigenvalue weighted by atomic mass is 9.97. The molecule has 5 amide bonds. The molecule has 0 unspecified atom stereocenters. The number of nitrogens with one attached hydrogen (secondary N) is 3. The number of nitrogens with zero attached hydrogens (tertiary/aromatic N) is 2. The van der Waals surface area contributed by atoms with Gasteiger partial charge < -0.3 is 20.8 Å². The van der Waals surface area contributed by atoms with Gasteiger partial charge in [0, 0.05) is 57.4 Å². The maximum absolute atomic E-state index is 12.2. The number of hydrogen-bond acceptors (Lipinski definition) is 8. The minimum absolute atomic E-state index is 0.0120. The number of hydroxylamine groups is 2. The molecule has 190 valence electrons. The van der Waals surface area contributed by atoms with E-state index in [1.807, 2.05) is 0 Å². The molecule has 12 nitrogen and oxygen atoms in total. The monoisotopic (exact) mass is 481 g/mol. The van der Waals surface area contributed by atoms with Crippen molar-refractivity contribution in [1.29, 1.82) is 0 Å². The Morgan fingerprint density at radius 1 is 0.794 bits per heavy atom. The lowest BCUT2D eigenvalue weighted by molar-refractivity contribution is -0.197. The Morgan fingerprint density at radius 3 is 1.79 bits per heavy atom. The highest BCUT2D eigenvalue weighted by atomic mass is 16.7. The van der Waals surface area contributed by atoms with Crippen LogP contribution in [-0.4, -0.2) is 83.7 Å². The Bertz CT molecular complexity index is 762. The van der Waals surface area contributed by atoms with Crippen LogP contribution in [0, 0.1) is 0 Å². The van der Waals surface area contributed by atoms with Gasteiger partial charge in [0.2, 0.25) is 17.7 Å². The summed E-state index contributed by atoms with van der Waals surface area (Å²) in [6, 6.07) is 0.737. The summed E-state index contributed by atoms with van der Waals surface area (Å²) < 4.78 is 0. The number of likely N-dealkylation sites (tertiary alicyclic amines) is 1. The lowest BCUT2D eigenvalue weighted by Crippen LogP contribution is -2.49. The number of rotatable bonds is 12. The first-order valence-electron chi connectivity index (χ1n) is 11.8. The van der Waals surface area contributed by atoms with Gasteiger partial charge in [-0.25, -0.2) is 4.79 Å². The highest BCUT2D eigenvalue weighted by Gasteiger charge is 2.32. The minimum atomic E-state index is -0.802. The van der Waals surface area contributed by atoms with Crippen LogP contribution in [0.3, 0.4) is 0 Å². The van der Waals surface area contributed by atoms with E-state index in [1.54, 1.807) is 0 Å². The molecule has 2 saturated heterocycles. The average molecular weight is 482 g/mol. The molecule has 0 aromatic carbocycles. The lowest BCUT2D eigenvalue weighted by Gasteiger charge is -2.38. The van der Waals surface area contributed by atoms with Crippen molar-refractivity contribution in [2.24, 2.45) is 0 Å². The molecular weight excluding hydrogens is 446 g/mol. The van der Waals surface area contributed by atoms with Gasteiger partial charge in [0.15, 0.2) is 0 Å². The van der Waals surface area contributed by atoms with Crippen molar-refractivity contribution in [3.63, 3.8) is 0 Å². The van der Waals surface area contributed by atoms with E-state index >= 15 is 0 Å². The molecule has 0 aromatic heterocycles. The molecule has 2 atom stereocenters.